The van der Waals surface area contributed by atoms with Crippen molar-refractivity contribution in [3.8, 4) is 0 Å². The Morgan fingerprint density at radius 1 is 1.10 bits per heavy atom. The molecule has 1 aromatic heterocycles. The van der Waals surface area contributed by atoms with E-state index in [2.05, 4.69) is 15.0 Å². The molecule has 0 spiro atoms. The van der Waals surface area contributed by atoms with Crippen LogP contribution in [-0.2, 0) is 9.84 Å². The van der Waals surface area contributed by atoms with Crippen LogP contribution in [0.25, 0.3) is 0 Å². The third-order valence-corrected chi connectivity index (χ3v) is 3.86. The van der Waals surface area contributed by atoms with E-state index >= 15 is 0 Å². The molecule has 0 N–H and O–H groups in total. The molecule has 114 valence electrons. The lowest BCUT2D eigenvalue weighted by atomic mass is 10.5. The Kier molecular flexibility index (Phi) is 5.94. The number of hydrogen-bond donors (Lipinski definition) is 0. The van der Waals surface area contributed by atoms with Crippen LogP contribution in [0.4, 0.5) is 11.9 Å². The summed E-state index contributed by atoms with van der Waals surface area (Å²) >= 11 is 5.91. The van der Waals surface area contributed by atoms with Crippen molar-refractivity contribution in [2.24, 2.45) is 0 Å². The fraction of sp³-hybridized carbons (Fsp3) is 0.727. The van der Waals surface area contributed by atoms with E-state index in [1.165, 1.54) is 6.26 Å². The van der Waals surface area contributed by atoms with Crippen LogP contribution in [0.2, 0.25) is 5.28 Å². The molecule has 0 saturated carbocycles. The minimum absolute atomic E-state index is 0.0351. The fourth-order valence-corrected chi connectivity index (χ4v) is 2.31. The van der Waals surface area contributed by atoms with E-state index < -0.39 is 9.84 Å². The van der Waals surface area contributed by atoms with E-state index in [1.54, 1.807) is 11.9 Å². The van der Waals surface area contributed by atoms with E-state index in [0.717, 1.165) is 13.1 Å². The lowest BCUT2D eigenvalue weighted by Crippen LogP contribution is -2.29. The number of halogens is 1. The van der Waals surface area contributed by atoms with E-state index in [0.29, 0.717) is 18.4 Å². The molecule has 9 heteroatoms. The number of hydrogen-bond acceptors (Lipinski definition) is 7. The predicted molar refractivity (Wildman–Crippen MR) is 81.4 cm³/mol. The lowest BCUT2D eigenvalue weighted by molar-refractivity contribution is 0.600. The Balaban J connectivity index is 2.94. The molecular weight excluding hydrogens is 302 g/mol. The third kappa shape index (κ3) is 5.09. The highest BCUT2D eigenvalue weighted by Gasteiger charge is 2.14. The Hall–Kier alpha value is -1.15. The molecular formula is C11H20ClN5O2S. The summed E-state index contributed by atoms with van der Waals surface area (Å²) in [6, 6.07) is 0. The summed E-state index contributed by atoms with van der Waals surface area (Å²) in [6.45, 7) is 5.80. The standard InChI is InChI=1S/C11H20ClN5O2S/c1-5-17(6-2)11-14-9(12)13-10(15-11)16(3)7-8-20(4,18)19/h5-8H2,1-4H3. The van der Waals surface area contributed by atoms with Gasteiger partial charge in [-0.05, 0) is 25.4 Å². The van der Waals surface area contributed by atoms with Crippen LogP contribution in [0.1, 0.15) is 13.8 Å². The van der Waals surface area contributed by atoms with Crippen LogP contribution in [0, 0.1) is 0 Å². The third-order valence-electron chi connectivity index (χ3n) is 2.77. The van der Waals surface area contributed by atoms with Gasteiger partial charge in [-0.2, -0.15) is 15.0 Å². The SMILES string of the molecule is CCN(CC)c1nc(Cl)nc(N(C)CCS(C)(=O)=O)n1. The minimum atomic E-state index is -3.03. The average molecular weight is 322 g/mol. The van der Waals surface area contributed by atoms with Gasteiger partial charge >= 0.3 is 0 Å². The molecule has 7 nitrogen and oxygen atoms in total. The molecule has 0 fully saturated rings. The van der Waals surface area contributed by atoms with Gasteiger partial charge in [0.25, 0.3) is 0 Å². The summed E-state index contributed by atoms with van der Waals surface area (Å²) in [5, 5.41) is 0.100. The first-order chi connectivity index (χ1) is 9.26. The van der Waals surface area contributed by atoms with Gasteiger partial charge in [-0.3, -0.25) is 0 Å². The second-order valence-electron chi connectivity index (χ2n) is 4.43. The largest absolute Gasteiger partial charge is 0.343 e. The van der Waals surface area contributed by atoms with Crippen LogP contribution < -0.4 is 9.80 Å². The van der Waals surface area contributed by atoms with Crippen molar-refractivity contribution < 1.29 is 8.42 Å². The Morgan fingerprint density at radius 3 is 2.15 bits per heavy atom. The molecule has 0 amide bonds. The molecule has 0 aliphatic heterocycles. The molecule has 0 aliphatic rings. The summed E-state index contributed by atoms with van der Waals surface area (Å²) in [5.74, 6) is 0.902. The second-order valence-corrected chi connectivity index (χ2v) is 7.03. The molecule has 20 heavy (non-hydrogen) atoms. The maximum Gasteiger partial charge on any atom is 0.231 e. The van der Waals surface area contributed by atoms with Crippen molar-refractivity contribution in [2.45, 2.75) is 13.8 Å². The van der Waals surface area contributed by atoms with Crippen LogP contribution in [0.15, 0.2) is 0 Å². The summed E-state index contributed by atoms with van der Waals surface area (Å²) in [4.78, 5) is 16.1. The Bertz CT molecular complexity index is 548. The zero-order chi connectivity index (χ0) is 15.3. The highest BCUT2D eigenvalue weighted by molar-refractivity contribution is 7.90. The van der Waals surface area contributed by atoms with Gasteiger partial charge in [0.15, 0.2) is 0 Å². The molecule has 1 aromatic rings. The molecule has 1 heterocycles. The molecule has 0 aliphatic carbocycles. The van der Waals surface area contributed by atoms with Gasteiger partial charge in [-0.25, -0.2) is 8.42 Å². The number of nitrogens with zero attached hydrogens (tertiary/aromatic N) is 5. The zero-order valence-corrected chi connectivity index (χ0v) is 13.7. The van der Waals surface area contributed by atoms with Crippen molar-refractivity contribution in [3.05, 3.63) is 5.28 Å². The monoisotopic (exact) mass is 321 g/mol. The van der Waals surface area contributed by atoms with E-state index in [9.17, 15) is 8.42 Å². The zero-order valence-electron chi connectivity index (χ0n) is 12.2. The first-order valence-corrected chi connectivity index (χ1v) is 8.76. The Morgan fingerprint density at radius 2 is 1.65 bits per heavy atom. The molecule has 0 saturated heterocycles. The molecule has 0 unspecified atom stereocenters. The normalized spacial score (nSPS) is 11.4. The van der Waals surface area contributed by atoms with Crippen molar-refractivity contribution in [1.82, 2.24) is 15.0 Å². The minimum Gasteiger partial charge on any atom is -0.343 e. The molecule has 1 rings (SSSR count). The van der Waals surface area contributed by atoms with Gasteiger partial charge in [-0.1, -0.05) is 0 Å². The molecule has 0 aromatic carbocycles. The van der Waals surface area contributed by atoms with Crippen molar-refractivity contribution in [1.29, 1.82) is 0 Å². The predicted octanol–water partition coefficient (Wildman–Crippen LogP) is 0.852. The number of sulfone groups is 1. The summed E-state index contributed by atoms with van der Waals surface area (Å²) < 4.78 is 22.4. The van der Waals surface area contributed by atoms with E-state index in [1.807, 2.05) is 18.7 Å². The summed E-state index contributed by atoms with van der Waals surface area (Å²) in [5.41, 5.74) is 0. The van der Waals surface area contributed by atoms with Gasteiger partial charge in [0.1, 0.15) is 9.84 Å². The maximum absolute atomic E-state index is 11.2. The van der Waals surface area contributed by atoms with Crippen LogP contribution in [-0.4, -0.2) is 62.1 Å². The van der Waals surface area contributed by atoms with E-state index in [4.69, 9.17) is 11.6 Å². The van der Waals surface area contributed by atoms with Crippen molar-refractivity contribution >= 4 is 33.3 Å². The first-order valence-electron chi connectivity index (χ1n) is 6.32. The summed E-state index contributed by atoms with van der Waals surface area (Å²) in [6.07, 6.45) is 1.20. The van der Waals surface area contributed by atoms with Gasteiger partial charge < -0.3 is 9.80 Å². The van der Waals surface area contributed by atoms with Crippen LogP contribution in [0.3, 0.4) is 0 Å². The summed E-state index contributed by atoms with van der Waals surface area (Å²) in [7, 11) is -1.30. The molecule has 0 bridgehead atoms. The highest BCUT2D eigenvalue weighted by Crippen LogP contribution is 2.15. The number of anilines is 2. The Labute approximate surface area is 124 Å². The lowest BCUT2D eigenvalue weighted by Gasteiger charge is -2.21. The smallest absolute Gasteiger partial charge is 0.231 e. The van der Waals surface area contributed by atoms with Gasteiger partial charge in [0, 0.05) is 32.9 Å². The quantitative estimate of drug-likeness (QED) is 0.736. The topological polar surface area (TPSA) is 79.3 Å². The van der Waals surface area contributed by atoms with Crippen LogP contribution in [0.5, 0.6) is 0 Å². The maximum atomic E-state index is 11.2. The van der Waals surface area contributed by atoms with Crippen molar-refractivity contribution in [3.63, 3.8) is 0 Å². The molecule has 0 atom stereocenters. The van der Waals surface area contributed by atoms with Crippen molar-refractivity contribution in [2.75, 3.05) is 48.5 Å². The van der Waals surface area contributed by atoms with Gasteiger partial charge in [-0.15, -0.1) is 0 Å². The fourth-order valence-electron chi connectivity index (χ4n) is 1.55. The van der Waals surface area contributed by atoms with Gasteiger partial charge in [0.2, 0.25) is 17.2 Å². The first kappa shape index (κ1) is 16.9. The van der Waals surface area contributed by atoms with Gasteiger partial charge in [0.05, 0.1) is 5.75 Å². The number of rotatable bonds is 7. The van der Waals surface area contributed by atoms with Crippen LogP contribution >= 0.6 is 11.6 Å². The van der Waals surface area contributed by atoms with E-state index in [-0.39, 0.29) is 11.0 Å². The number of aromatic nitrogens is 3. The second kappa shape index (κ2) is 7.03. The average Bonchev–Trinajstić information content (AvgIpc) is 2.36. The highest BCUT2D eigenvalue weighted by atomic mass is 35.5. The molecule has 0 radical (unpaired) electrons.